The Bertz CT molecular complexity index is 1340. The van der Waals surface area contributed by atoms with Crippen LogP contribution in [0.5, 0.6) is 0 Å². The molecule has 0 spiro atoms. The minimum atomic E-state index is -0.0255. The Labute approximate surface area is 209 Å². The summed E-state index contributed by atoms with van der Waals surface area (Å²) in [5, 5.41) is 7.33. The van der Waals surface area contributed by atoms with Gasteiger partial charge < -0.3 is 9.80 Å². The molecular weight excluding hydrogens is 458 g/mol. The van der Waals surface area contributed by atoms with Crippen LogP contribution in [-0.4, -0.2) is 62.6 Å². The van der Waals surface area contributed by atoms with Crippen molar-refractivity contribution in [2.45, 2.75) is 26.2 Å². The number of nitrogens with zero attached hydrogens (tertiary/aromatic N) is 5. The highest BCUT2D eigenvalue weighted by Crippen LogP contribution is 2.30. The summed E-state index contributed by atoms with van der Waals surface area (Å²) in [6.45, 7) is 4.10. The molecule has 0 saturated carbocycles. The van der Waals surface area contributed by atoms with Crippen molar-refractivity contribution < 1.29 is 9.59 Å². The molecule has 35 heavy (non-hydrogen) atoms. The first-order valence-corrected chi connectivity index (χ1v) is 12.9. The second kappa shape index (κ2) is 10.00. The van der Waals surface area contributed by atoms with E-state index >= 15 is 0 Å². The number of rotatable bonds is 6. The van der Waals surface area contributed by atoms with Crippen LogP contribution in [0.2, 0.25) is 0 Å². The van der Waals surface area contributed by atoms with E-state index in [0.717, 1.165) is 34.5 Å². The third kappa shape index (κ3) is 4.84. The van der Waals surface area contributed by atoms with Crippen molar-refractivity contribution in [3.63, 3.8) is 0 Å². The molecule has 0 bridgehead atoms. The number of fused-ring (bicyclic) bond motifs is 1. The van der Waals surface area contributed by atoms with E-state index in [0.29, 0.717) is 43.8 Å². The van der Waals surface area contributed by atoms with Crippen LogP contribution in [0.4, 0.5) is 0 Å². The molecule has 0 N–H and O–H groups in total. The number of aromatic nitrogens is 3. The average molecular weight is 488 g/mol. The molecule has 1 aliphatic rings. The van der Waals surface area contributed by atoms with Crippen LogP contribution >= 0.6 is 11.3 Å². The third-order valence-electron chi connectivity index (χ3n) is 6.59. The smallest absolute Gasteiger partial charge is 0.254 e. The zero-order valence-electron chi connectivity index (χ0n) is 20.1. The lowest BCUT2D eigenvalue weighted by Gasteiger charge is -2.35. The maximum absolute atomic E-state index is 13.7. The standard InChI is InChI=1S/C27H29N5O2S/c1-19-25-21(18-22(23-11-7-17-35-23)28-26(25)30(2)29-19)27(34)32-15-13-31(14-16-32)24(33)12-6-10-20-8-4-3-5-9-20/h3-5,7-9,11,17-18H,6,10,12-16H2,1-2H3. The summed E-state index contributed by atoms with van der Waals surface area (Å²) in [4.78, 5) is 36.0. The lowest BCUT2D eigenvalue weighted by Crippen LogP contribution is -2.50. The number of benzene rings is 1. The number of carbonyl (C=O) groups is 2. The van der Waals surface area contributed by atoms with Crippen molar-refractivity contribution in [1.82, 2.24) is 24.6 Å². The van der Waals surface area contributed by atoms with Gasteiger partial charge in [-0.1, -0.05) is 36.4 Å². The monoisotopic (exact) mass is 487 g/mol. The minimum absolute atomic E-state index is 0.0255. The number of carbonyl (C=O) groups excluding carboxylic acids is 2. The number of hydrogen-bond acceptors (Lipinski definition) is 5. The average Bonchev–Trinajstić information content (AvgIpc) is 3.52. The number of aryl methyl sites for hydroxylation is 3. The summed E-state index contributed by atoms with van der Waals surface area (Å²) in [5.41, 5.74) is 4.18. The molecular formula is C27H29N5O2S. The van der Waals surface area contributed by atoms with Crippen molar-refractivity contribution in [1.29, 1.82) is 0 Å². The van der Waals surface area contributed by atoms with Crippen molar-refractivity contribution in [2.24, 2.45) is 7.05 Å². The number of pyridine rings is 1. The fourth-order valence-electron chi connectivity index (χ4n) is 4.74. The molecule has 1 saturated heterocycles. The first-order chi connectivity index (χ1) is 17.0. The quantitative estimate of drug-likeness (QED) is 0.406. The van der Waals surface area contributed by atoms with Gasteiger partial charge in [0.1, 0.15) is 0 Å². The topological polar surface area (TPSA) is 71.3 Å². The summed E-state index contributed by atoms with van der Waals surface area (Å²) >= 11 is 1.60. The van der Waals surface area contributed by atoms with E-state index in [9.17, 15) is 9.59 Å². The molecule has 3 aromatic heterocycles. The maximum atomic E-state index is 13.7. The van der Waals surface area contributed by atoms with Crippen LogP contribution in [0.25, 0.3) is 21.6 Å². The van der Waals surface area contributed by atoms with Crippen LogP contribution in [-0.2, 0) is 18.3 Å². The Kier molecular flexibility index (Phi) is 6.63. The number of piperazine rings is 1. The molecule has 1 aromatic carbocycles. The SMILES string of the molecule is Cc1nn(C)c2nc(-c3cccs3)cc(C(=O)N3CCN(C(=O)CCCc4ccccc4)CC3)c12. The van der Waals surface area contributed by atoms with Gasteiger partial charge in [-0.3, -0.25) is 14.3 Å². The van der Waals surface area contributed by atoms with Crippen LogP contribution in [0.1, 0.15) is 34.5 Å². The molecule has 2 amide bonds. The van der Waals surface area contributed by atoms with Gasteiger partial charge in [0, 0.05) is 39.6 Å². The first kappa shape index (κ1) is 23.2. The molecule has 180 valence electrons. The molecule has 4 aromatic rings. The highest BCUT2D eigenvalue weighted by molar-refractivity contribution is 7.13. The molecule has 0 atom stereocenters. The summed E-state index contributed by atoms with van der Waals surface area (Å²) in [7, 11) is 1.86. The highest BCUT2D eigenvalue weighted by atomic mass is 32.1. The lowest BCUT2D eigenvalue weighted by atomic mass is 10.1. The Morgan fingerprint density at radius 3 is 2.46 bits per heavy atom. The summed E-state index contributed by atoms with van der Waals surface area (Å²) in [6.07, 6.45) is 2.27. The van der Waals surface area contributed by atoms with E-state index in [-0.39, 0.29) is 11.8 Å². The van der Waals surface area contributed by atoms with Crippen LogP contribution in [0.3, 0.4) is 0 Å². The van der Waals surface area contributed by atoms with Crippen molar-refractivity contribution in [2.75, 3.05) is 26.2 Å². The van der Waals surface area contributed by atoms with Crippen molar-refractivity contribution in [3.05, 3.63) is 70.7 Å². The summed E-state index contributed by atoms with van der Waals surface area (Å²) in [6, 6.07) is 16.1. The van der Waals surface area contributed by atoms with E-state index in [2.05, 4.69) is 17.2 Å². The van der Waals surface area contributed by atoms with Gasteiger partial charge >= 0.3 is 0 Å². The van der Waals surface area contributed by atoms with Crippen molar-refractivity contribution >= 4 is 34.2 Å². The Balaban J connectivity index is 1.27. The Morgan fingerprint density at radius 1 is 1.00 bits per heavy atom. The van der Waals surface area contributed by atoms with Gasteiger partial charge in [0.05, 0.1) is 27.2 Å². The minimum Gasteiger partial charge on any atom is -0.339 e. The van der Waals surface area contributed by atoms with Gasteiger partial charge in [-0.2, -0.15) is 5.10 Å². The van der Waals surface area contributed by atoms with Gasteiger partial charge in [0.2, 0.25) is 5.91 Å². The normalized spacial score (nSPS) is 14.0. The predicted molar refractivity (Wildman–Crippen MR) is 138 cm³/mol. The maximum Gasteiger partial charge on any atom is 0.254 e. The molecule has 0 aliphatic carbocycles. The number of hydrogen-bond donors (Lipinski definition) is 0. The van der Waals surface area contributed by atoms with Crippen LogP contribution in [0, 0.1) is 6.92 Å². The van der Waals surface area contributed by atoms with Gasteiger partial charge in [-0.15, -0.1) is 11.3 Å². The van der Waals surface area contributed by atoms with Crippen molar-refractivity contribution in [3.8, 4) is 10.6 Å². The number of thiophene rings is 1. The van der Waals surface area contributed by atoms with Crippen LogP contribution < -0.4 is 0 Å². The fraction of sp³-hybridized carbons (Fsp3) is 0.333. The molecule has 1 aliphatic heterocycles. The van der Waals surface area contributed by atoms with Crippen LogP contribution in [0.15, 0.2) is 53.9 Å². The second-order valence-corrected chi connectivity index (χ2v) is 9.90. The van der Waals surface area contributed by atoms with E-state index < -0.39 is 0 Å². The molecule has 5 rings (SSSR count). The Hall–Kier alpha value is -3.52. The largest absolute Gasteiger partial charge is 0.339 e. The zero-order valence-corrected chi connectivity index (χ0v) is 20.9. The lowest BCUT2D eigenvalue weighted by molar-refractivity contribution is -0.132. The fourth-order valence-corrected chi connectivity index (χ4v) is 5.43. The third-order valence-corrected chi connectivity index (χ3v) is 7.48. The zero-order chi connectivity index (χ0) is 24.4. The molecule has 0 radical (unpaired) electrons. The van der Waals surface area contributed by atoms with Gasteiger partial charge in [0.25, 0.3) is 5.91 Å². The van der Waals surface area contributed by atoms with Gasteiger partial charge in [-0.05, 0) is 42.8 Å². The molecule has 7 nitrogen and oxygen atoms in total. The van der Waals surface area contributed by atoms with E-state index in [4.69, 9.17) is 4.98 Å². The summed E-state index contributed by atoms with van der Waals surface area (Å²) < 4.78 is 1.74. The van der Waals surface area contributed by atoms with E-state index in [1.807, 2.05) is 65.5 Å². The molecule has 4 heterocycles. The molecule has 0 unspecified atom stereocenters. The van der Waals surface area contributed by atoms with Gasteiger partial charge in [-0.25, -0.2) is 4.98 Å². The van der Waals surface area contributed by atoms with Gasteiger partial charge in [0.15, 0.2) is 5.65 Å². The van der Waals surface area contributed by atoms with E-state index in [1.165, 1.54) is 5.56 Å². The highest BCUT2D eigenvalue weighted by Gasteiger charge is 2.27. The summed E-state index contributed by atoms with van der Waals surface area (Å²) in [5.74, 6) is 0.143. The second-order valence-electron chi connectivity index (χ2n) is 8.95. The van der Waals surface area contributed by atoms with E-state index in [1.54, 1.807) is 16.0 Å². The Morgan fingerprint density at radius 2 is 1.74 bits per heavy atom. The molecule has 8 heteroatoms. The predicted octanol–water partition coefficient (Wildman–Crippen LogP) is 4.31. The first-order valence-electron chi connectivity index (χ1n) is 12.0. The molecule has 1 fully saturated rings. The number of amides is 2.